The van der Waals surface area contributed by atoms with Gasteiger partial charge < -0.3 is 0 Å². The third-order valence-corrected chi connectivity index (χ3v) is 7.15. The molecule has 0 aliphatic heterocycles. The van der Waals surface area contributed by atoms with Gasteiger partial charge in [-0.05, 0) is 78.8 Å². The number of hydrogen-bond donors (Lipinski definition) is 0. The Labute approximate surface area is 215 Å². The predicted octanol–water partition coefficient (Wildman–Crippen LogP) is 9.29. The van der Waals surface area contributed by atoms with E-state index in [1.54, 1.807) is 12.0 Å². The second kappa shape index (κ2) is 11.8. The SMILES string of the molecule is CCCCCC1CCC(c2ccc(C#Cc3ccc4c(F)c(C#CC(F)(F)F)c(F)cc4c3)cc2)CC1. The van der Waals surface area contributed by atoms with Gasteiger partial charge in [0.25, 0.3) is 0 Å². The fraction of sp³-hybridized carbons (Fsp3) is 0.375. The Morgan fingerprint density at radius 1 is 0.811 bits per heavy atom. The van der Waals surface area contributed by atoms with E-state index in [0.29, 0.717) is 11.5 Å². The highest BCUT2D eigenvalue weighted by Crippen LogP contribution is 2.37. The van der Waals surface area contributed by atoms with E-state index in [2.05, 4.69) is 30.9 Å². The van der Waals surface area contributed by atoms with Gasteiger partial charge in [0.1, 0.15) is 11.6 Å². The van der Waals surface area contributed by atoms with E-state index in [9.17, 15) is 22.0 Å². The van der Waals surface area contributed by atoms with Crippen LogP contribution in [-0.4, -0.2) is 6.18 Å². The molecule has 0 N–H and O–H groups in total. The summed E-state index contributed by atoms with van der Waals surface area (Å²) in [6.45, 7) is 2.24. The highest BCUT2D eigenvalue weighted by molar-refractivity contribution is 5.86. The van der Waals surface area contributed by atoms with E-state index < -0.39 is 23.4 Å². The quantitative estimate of drug-likeness (QED) is 0.183. The van der Waals surface area contributed by atoms with Crippen molar-refractivity contribution in [2.24, 2.45) is 5.92 Å². The first kappa shape index (κ1) is 26.7. The Morgan fingerprint density at radius 3 is 2.16 bits per heavy atom. The number of benzene rings is 3. The van der Waals surface area contributed by atoms with Crippen molar-refractivity contribution < 1.29 is 22.0 Å². The fourth-order valence-electron chi connectivity index (χ4n) is 5.11. The molecule has 0 unspecified atom stereocenters. The zero-order chi connectivity index (χ0) is 26.4. The zero-order valence-corrected chi connectivity index (χ0v) is 20.8. The van der Waals surface area contributed by atoms with Crippen LogP contribution in [0.5, 0.6) is 0 Å². The summed E-state index contributed by atoms with van der Waals surface area (Å²) >= 11 is 0. The number of hydrogen-bond acceptors (Lipinski definition) is 0. The topological polar surface area (TPSA) is 0 Å². The molecule has 0 radical (unpaired) electrons. The Balaban J connectivity index is 1.44. The average molecular weight is 509 g/mol. The number of halogens is 5. The smallest absolute Gasteiger partial charge is 0.205 e. The first-order valence-corrected chi connectivity index (χ1v) is 12.9. The lowest BCUT2D eigenvalue weighted by atomic mass is 9.77. The molecule has 4 rings (SSSR count). The lowest BCUT2D eigenvalue weighted by Gasteiger charge is -2.29. The summed E-state index contributed by atoms with van der Waals surface area (Å²) in [5.41, 5.74) is 1.84. The van der Waals surface area contributed by atoms with Gasteiger partial charge in [-0.2, -0.15) is 13.2 Å². The normalized spacial score (nSPS) is 17.6. The summed E-state index contributed by atoms with van der Waals surface area (Å²) in [7, 11) is 0. The second-order valence-electron chi connectivity index (χ2n) is 9.82. The highest BCUT2D eigenvalue weighted by Gasteiger charge is 2.24. The molecule has 5 heteroatoms. The molecular weight excluding hydrogens is 479 g/mol. The van der Waals surface area contributed by atoms with Crippen LogP contribution in [0.15, 0.2) is 48.5 Å². The minimum atomic E-state index is -4.83. The summed E-state index contributed by atoms with van der Waals surface area (Å²) in [5.74, 6) is 7.79. The van der Waals surface area contributed by atoms with Gasteiger partial charge in [-0.15, -0.1) is 0 Å². The Kier molecular flexibility index (Phi) is 8.55. The van der Waals surface area contributed by atoms with Crippen molar-refractivity contribution in [2.45, 2.75) is 70.4 Å². The molecule has 192 valence electrons. The standard InChI is InChI=1S/C32H29F5/c1-2-3-4-5-22-8-13-25(14-9-22)26-15-10-23(11-16-26)6-7-24-12-17-28-27(20-24)21-30(33)29(31(28)34)18-19-32(35,36)37/h10-12,15-17,20-22,25H,2-5,8-9,13-14H2,1H3. The maximum Gasteiger partial charge on any atom is 0.458 e. The molecule has 0 bridgehead atoms. The maximum atomic E-state index is 14.6. The van der Waals surface area contributed by atoms with Crippen molar-refractivity contribution in [3.05, 3.63) is 82.4 Å². The molecule has 0 nitrogen and oxygen atoms in total. The number of rotatable bonds is 5. The van der Waals surface area contributed by atoms with Crippen LogP contribution in [-0.2, 0) is 0 Å². The minimum absolute atomic E-state index is 0.0112. The number of alkyl halides is 3. The van der Waals surface area contributed by atoms with Crippen LogP contribution in [0.4, 0.5) is 22.0 Å². The van der Waals surface area contributed by atoms with Crippen molar-refractivity contribution in [3.8, 4) is 23.7 Å². The Morgan fingerprint density at radius 2 is 1.49 bits per heavy atom. The summed E-state index contributed by atoms with van der Waals surface area (Å²) in [6.07, 6.45) is 5.54. The first-order chi connectivity index (χ1) is 17.7. The van der Waals surface area contributed by atoms with Crippen molar-refractivity contribution in [1.29, 1.82) is 0 Å². The molecule has 0 saturated heterocycles. The Bertz CT molecular complexity index is 1350. The molecular formula is C32H29F5. The van der Waals surface area contributed by atoms with E-state index in [1.165, 1.54) is 69.1 Å². The maximum absolute atomic E-state index is 14.6. The molecule has 0 amide bonds. The lowest BCUT2D eigenvalue weighted by Crippen LogP contribution is -2.13. The second-order valence-corrected chi connectivity index (χ2v) is 9.82. The largest absolute Gasteiger partial charge is 0.458 e. The zero-order valence-electron chi connectivity index (χ0n) is 20.8. The predicted molar refractivity (Wildman–Crippen MR) is 138 cm³/mol. The first-order valence-electron chi connectivity index (χ1n) is 12.9. The monoisotopic (exact) mass is 508 g/mol. The third-order valence-electron chi connectivity index (χ3n) is 7.15. The van der Waals surface area contributed by atoms with Crippen molar-refractivity contribution in [1.82, 2.24) is 0 Å². The molecule has 3 aromatic carbocycles. The molecule has 0 heterocycles. The van der Waals surface area contributed by atoms with Gasteiger partial charge in [0.15, 0.2) is 0 Å². The van der Waals surface area contributed by atoms with E-state index in [0.717, 1.165) is 23.5 Å². The molecule has 1 aliphatic rings. The van der Waals surface area contributed by atoms with Crippen LogP contribution in [0.3, 0.4) is 0 Å². The minimum Gasteiger partial charge on any atom is -0.205 e. The molecule has 1 aliphatic carbocycles. The molecule has 1 saturated carbocycles. The van der Waals surface area contributed by atoms with Crippen LogP contribution in [0.1, 0.15) is 86.5 Å². The van der Waals surface area contributed by atoms with E-state index >= 15 is 0 Å². The average Bonchev–Trinajstić information content (AvgIpc) is 2.87. The van der Waals surface area contributed by atoms with Crippen LogP contribution in [0, 0.1) is 41.2 Å². The summed E-state index contributed by atoms with van der Waals surface area (Å²) in [5, 5.41) is 0.197. The van der Waals surface area contributed by atoms with Crippen LogP contribution in [0.25, 0.3) is 10.8 Å². The van der Waals surface area contributed by atoms with Gasteiger partial charge in [0.05, 0.1) is 5.56 Å². The molecule has 0 spiro atoms. The fourth-order valence-corrected chi connectivity index (χ4v) is 5.11. The van der Waals surface area contributed by atoms with Crippen molar-refractivity contribution in [2.75, 3.05) is 0 Å². The third kappa shape index (κ3) is 7.14. The van der Waals surface area contributed by atoms with Gasteiger partial charge in [-0.25, -0.2) is 8.78 Å². The number of unbranched alkanes of at least 4 members (excludes halogenated alkanes) is 2. The molecule has 1 fully saturated rings. The van der Waals surface area contributed by atoms with Crippen molar-refractivity contribution >= 4 is 10.8 Å². The summed E-state index contributed by atoms with van der Waals surface area (Å²) in [4.78, 5) is 0. The van der Waals surface area contributed by atoms with Crippen LogP contribution >= 0.6 is 0 Å². The molecule has 37 heavy (non-hydrogen) atoms. The van der Waals surface area contributed by atoms with Gasteiger partial charge in [0, 0.05) is 22.4 Å². The summed E-state index contributed by atoms with van der Waals surface area (Å²) < 4.78 is 65.9. The van der Waals surface area contributed by atoms with Gasteiger partial charge in [0.2, 0.25) is 0 Å². The van der Waals surface area contributed by atoms with Crippen molar-refractivity contribution in [3.63, 3.8) is 0 Å². The van der Waals surface area contributed by atoms with Gasteiger partial charge in [-0.1, -0.05) is 68.6 Å². The van der Waals surface area contributed by atoms with E-state index in [4.69, 9.17) is 0 Å². The van der Waals surface area contributed by atoms with Gasteiger partial charge in [-0.3, -0.25) is 0 Å². The molecule has 0 atom stereocenters. The van der Waals surface area contributed by atoms with E-state index in [-0.39, 0.29) is 10.8 Å². The van der Waals surface area contributed by atoms with E-state index in [1.807, 2.05) is 12.1 Å². The highest BCUT2D eigenvalue weighted by atomic mass is 19.4. The summed E-state index contributed by atoms with van der Waals surface area (Å²) in [6, 6.07) is 13.7. The van der Waals surface area contributed by atoms with Crippen LogP contribution < -0.4 is 0 Å². The molecule has 3 aromatic rings. The Hall–Kier alpha value is -3.31. The lowest BCUT2D eigenvalue weighted by molar-refractivity contribution is -0.0696. The number of fused-ring (bicyclic) bond motifs is 1. The van der Waals surface area contributed by atoms with Crippen LogP contribution in [0.2, 0.25) is 0 Å². The molecule has 0 aromatic heterocycles. The van der Waals surface area contributed by atoms with Gasteiger partial charge >= 0.3 is 6.18 Å².